The standard InChI is InChI=1S/C23H45N5O10/c24-6-9-1-3-11(25)21(33-9)37-19-15(8-30)35-23(17(19)32)38-20-16(31)13(27)5-14(28)18(20)36-22-12(26)4-2-10(7-29)34-22/h9-23,29-32H,1-8,24-28H2. The van der Waals surface area contributed by atoms with Crippen LogP contribution in [0.15, 0.2) is 0 Å². The van der Waals surface area contributed by atoms with Gasteiger partial charge in [-0.3, -0.25) is 0 Å². The average molecular weight is 552 g/mol. The lowest BCUT2D eigenvalue weighted by molar-refractivity contribution is -0.289. The summed E-state index contributed by atoms with van der Waals surface area (Å²) in [5.74, 6) is 0. The summed E-state index contributed by atoms with van der Waals surface area (Å²) in [6, 6.07) is -2.34. The van der Waals surface area contributed by atoms with Gasteiger partial charge in [0, 0.05) is 18.6 Å². The second kappa shape index (κ2) is 13.4. The van der Waals surface area contributed by atoms with E-state index < -0.39 is 92.4 Å². The van der Waals surface area contributed by atoms with Crippen LogP contribution in [0, 0.1) is 0 Å². The second-order valence-electron chi connectivity index (χ2n) is 10.7. The Hall–Kier alpha value is -0.600. The predicted molar refractivity (Wildman–Crippen MR) is 131 cm³/mol. The summed E-state index contributed by atoms with van der Waals surface area (Å²) in [7, 11) is 0. The third-order valence-corrected chi connectivity index (χ3v) is 7.87. The fourth-order valence-electron chi connectivity index (χ4n) is 5.52. The third kappa shape index (κ3) is 6.64. The maximum atomic E-state index is 11.1. The third-order valence-electron chi connectivity index (χ3n) is 7.87. The number of aliphatic hydroxyl groups is 4. The van der Waals surface area contributed by atoms with Crippen molar-refractivity contribution >= 4 is 0 Å². The van der Waals surface area contributed by atoms with Crippen LogP contribution in [-0.4, -0.2) is 132 Å². The number of rotatable bonds is 9. The summed E-state index contributed by atoms with van der Waals surface area (Å²) in [6.07, 6.45) is -7.77. The molecule has 15 unspecified atom stereocenters. The molecular formula is C23H45N5O10. The Morgan fingerprint density at radius 1 is 0.605 bits per heavy atom. The molecule has 0 aromatic rings. The Labute approximate surface area is 221 Å². The first-order chi connectivity index (χ1) is 18.2. The van der Waals surface area contributed by atoms with Gasteiger partial charge in [0.15, 0.2) is 18.9 Å². The molecule has 3 aliphatic heterocycles. The van der Waals surface area contributed by atoms with E-state index in [-0.39, 0.29) is 19.1 Å². The Bertz CT molecular complexity index is 745. The van der Waals surface area contributed by atoms with Gasteiger partial charge >= 0.3 is 0 Å². The molecule has 1 aliphatic carbocycles. The van der Waals surface area contributed by atoms with Gasteiger partial charge in [0.25, 0.3) is 0 Å². The molecule has 0 amide bonds. The lowest BCUT2D eigenvalue weighted by Gasteiger charge is -2.45. The Morgan fingerprint density at radius 2 is 1.18 bits per heavy atom. The van der Waals surface area contributed by atoms with Gasteiger partial charge in [-0.1, -0.05) is 0 Å². The summed E-state index contributed by atoms with van der Waals surface area (Å²) in [5, 5.41) is 41.5. The average Bonchev–Trinajstić information content (AvgIpc) is 3.20. The number of hydrogen-bond donors (Lipinski definition) is 9. The lowest BCUT2D eigenvalue weighted by atomic mass is 9.84. The van der Waals surface area contributed by atoms with Gasteiger partial charge < -0.3 is 77.5 Å². The summed E-state index contributed by atoms with van der Waals surface area (Å²) in [5.41, 5.74) is 30.5. The molecule has 3 heterocycles. The minimum Gasteiger partial charge on any atom is -0.394 e. The molecule has 0 bridgehead atoms. The predicted octanol–water partition coefficient (Wildman–Crippen LogP) is -4.74. The second-order valence-corrected chi connectivity index (χ2v) is 10.7. The van der Waals surface area contributed by atoms with Gasteiger partial charge in [-0.05, 0) is 32.1 Å². The highest BCUT2D eigenvalue weighted by atomic mass is 16.8. The van der Waals surface area contributed by atoms with E-state index in [4.69, 9.17) is 57.1 Å². The highest BCUT2D eigenvalue weighted by molar-refractivity contribution is 5.01. The Morgan fingerprint density at radius 3 is 1.79 bits per heavy atom. The van der Waals surface area contributed by atoms with E-state index in [9.17, 15) is 20.4 Å². The molecule has 15 heteroatoms. The number of hydrogen-bond acceptors (Lipinski definition) is 15. The molecule has 0 radical (unpaired) electrons. The fraction of sp³-hybridized carbons (Fsp3) is 1.00. The molecule has 4 rings (SSSR count). The van der Waals surface area contributed by atoms with Crippen LogP contribution < -0.4 is 28.7 Å². The van der Waals surface area contributed by atoms with Crippen LogP contribution in [0.5, 0.6) is 0 Å². The van der Waals surface area contributed by atoms with E-state index in [1.807, 2.05) is 0 Å². The van der Waals surface area contributed by atoms with Crippen molar-refractivity contribution in [1.29, 1.82) is 0 Å². The summed E-state index contributed by atoms with van der Waals surface area (Å²) in [6.45, 7) is -0.382. The molecule has 15 atom stereocenters. The summed E-state index contributed by atoms with van der Waals surface area (Å²) >= 11 is 0. The van der Waals surface area contributed by atoms with E-state index >= 15 is 0 Å². The number of aliphatic hydroxyl groups excluding tert-OH is 4. The molecule has 0 aromatic heterocycles. The molecule has 4 aliphatic rings. The van der Waals surface area contributed by atoms with E-state index in [2.05, 4.69) is 0 Å². The maximum Gasteiger partial charge on any atom is 0.187 e. The van der Waals surface area contributed by atoms with Gasteiger partial charge in [0.1, 0.15) is 30.5 Å². The molecular weight excluding hydrogens is 506 g/mol. The lowest BCUT2D eigenvalue weighted by Crippen LogP contribution is -2.65. The van der Waals surface area contributed by atoms with Crippen LogP contribution in [0.4, 0.5) is 0 Å². The van der Waals surface area contributed by atoms with E-state index in [1.165, 1.54) is 0 Å². The normalized spacial score (nSPS) is 50.3. The highest BCUT2D eigenvalue weighted by Crippen LogP contribution is 2.34. The van der Waals surface area contributed by atoms with Gasteiger partial charge in [0.2, 0.25) is 0 Å². The van der Waals surface area contributed by atoms with Crippen molar-refractivity contribution in [3.8, 4) is 0 Å². The van der Waals surface area contributed by atoms with Crippen LogP contribution in [0.2, 0.25) is 0 Å². The van der Waals surface area contributed by atoms with Crippen molar-refractivity contribution in [2.75, 3.05) is 19.8 Å². The van der Waals surface area contributed by atoms with E-state index in [0.29, 0.717) is 32.2 Å². The largest absolute Gasteiger partial charge is 0.394 e. The van der Waals surface area contributed by atoms with Crippen molar-refractivity contribution in [2.45, 2.75) is 124 Å². The van der Waals surface area contributed by atoms with Crippen LogP contribution in [0.25, 0.3) is 0 Å². The molecule has 3 saturated heterocycles. The van der Waals surface area contributed by atoms with Crippen LogP contribution in [0.3, 0.4) is 0 Å². The van der Waals surface area contributed by atoms with Gasteiger partial charge in [-0.15, -0.1) is 0 Å². The SMILES string of the molecule is NCC1CCC(N)C(OC2C(CO)OC(OC3C(O)C(N)CC(N)C3OC3OC(CO)CCC3N)C2O)O1. The minimum absolute atomic E-state index is 0.191. The molecule has 15 nitrogen and oxygen atoms in total. The summed E-state index contributed by atoms with van der Waals surface area (Å²) < 4.78 is 35.5. The quantitative estimate of drug-likeness (QED) is 0.130. The van der Waals surface area contributed by atoms with Gasteiger partial charge in [-0.2, -0.15) is 0 Å². The van der Waals surface area contributed by atoms with Gasteiger partial charge in [-0.25, -0.2) is 0 Å². The maximum absolute atomic E-state index is 11.1. The fourth-order valence-corrected chi connectivity index (χ4v) is 5.52. The van der Waals surface area contributed by atoms with Crippen molar-refractivity contribution in [3.05, 3.63) is 0 Å². The highest BCUT2D eigenvalue weighted by Gasteiger charge is 2.52. The molecule has 4 fully saturated rings. The Balaban J connectivity index is 1.46. The van der Waals surface area contributed by atoms with Crippen molar-refractivity contribution in [3.63, 3.8) is 0 Å². The topological polar surface area (TPSA) is 266 Å². The first kappa shape index (κ1) is 30.4. The van der Waals surface area contributed by atoms with E-state index in [1.54, 1.807) is 0 Å². The monoisotopic (exact) mass is 551 g/mol. The molecule has 0 aromatic carbocycles. The Kier molecular flexibility index (Phi) is 10.7. The van der Waals surface area contributed by atoms with Crippen LogP contribution in [-0.2, 0) is 28.4 Å². The zero-order chi connectivity index (χ0) is 27.6. The molecule has 222 valence electrons. The van der Waals surface area contributed by atoms with Crippen molar-refractivity contribution < 1.29 is 48.8 Å². The van der Waals surface area contributed by atoms with Gasteiger partial charge in [0.05, 0.1) is 43.6 Å². The summed E-state index contributed by atoms with van der Waals surface area (Å²) in [4.78, 5) is 0. The molecule has 1 saturated carbocycles. The first-order valence-corrected chi connectivity index (χ1v) is 13.4. The van der Waals surface area contributed by atoms with Crippen molar-refractivity contribution in [1.82, 2.24) is 0 Å². The zero-order valence-electron chi connectivity index (χ0n) is 21.4. The van der Waals surface area contributed by atoms with Crippen molar-refractivity contribution in [2.24, 2.45) is 28.7 Å². The molecule has 38 heavy (non-hydrogen) atoms. The molecule has 0 spiro atoms. The van der Waals surface area contributed by atoms with Crippen LogP contribution >= 0.6 is 0 Å². The van der Waals surface area contributed by atoms with Crippen LogP contribution in [0.1, 0.15) is 32.1 Å². The smallest absolute Gasteiger partial charge is 0.187 e. The zero-order valence-corrected chi connectivity index (χ0v) is 21.4. The molecule has 14 N–H and O–H groups in total. The number of ether oxygens (including phenoxy) is 6. The van der Waals surface area contributed by atoms with E-state index in [0.717, 1.165) is 0 Å². The number of nitrogens with two attached hydrogens (primary N) is 5. The first-order valence-electron chi connectivity index (χ1n) is 13.4. The minimum atomic E-state index is -1.38.